The molecule has 0 aliphatic heterocycles. The Balaban J connectivity index is 2.13. The zero-order valence-corrected chi connectivity index (χ0v) is 11.4. The maximum Gasteiger partial charge on any atom is 0.253 e. The number of aryl methyl sites for hydroxylation is 1. The Morgan fingerprint density at radius 1 is 1.45 bits per heavy atom. The SMILES string of the molecule is CCNc1c(F)cccc1C(=O)NCc1nncn1C. The summed E-state index contributed by atoms with van der Waals surface area (Å²) in [6, 6.07) is 4.40. The van der Waals surface area contributed by atoms with E-state index in [1.165, 1.54) is 12.1 Å². The highest BCUT2D eigenvalue weighted by Gasteiger charge is 2.15. The van der Waals surface area contributed by atoms with E-state index in [0.717, 1.165) is 0 Å². The lowest BCUT2D eigenvalue weighted by molar-refractivity contribution is 0.0950. The summed E-state index contributed by atoms with van der Waals surface area (Å²) in [5.74, 6) is -0.179. The van der Waals surface area contributed by atoms with Gasteiger partial charge < -0.3 is 15.2 Å². The summed E-state index contributed by atoms with van der Waals surface area (Å²) in [5, 5.41) is 13.1. The van der Waals surface area contributed by atoms with Crippen molar-refractivity contribution in [2.24, 2.45) is 7.05 Å². The fourth-order valence-electron chi connectivity index (χ4n) is 1.79. The van der Waals surface area contributed by atoms with E-state index in [-0.39, 0.29) is 23.7 Å². The van der Waals surface area contributed by atoms with Crippen molar-refractivity contribution in [2.45, 2.75) is 13.5 Å². The summed E-state index contributed by atoms with van der Waals surface area (Å²) in [4.78, 5) is 12.1. The van der Waals surface area contributed by atoms with Crippen LogP contribution in [0.1, 0.15) is 23.1 Å². The summed E-state index contributed by atoms with van der Waals surface area (Å²) in [7, 11) is 1.79. The maximum absolute atomic E-state index is 13.7. The first-order chi connectivity index (χ1) is 9.63. The van der Waals surface area contributed by atoms with E-state index in [1.54, 1.807) is 24.0 Å². The van der Waals surface area contributed by atoms with Crippen molar-refractivity contribution in [1.29, 1.82) is 0 Å². The molecule has 1 heterocycles. The molecule has 2 aromatic rings. The van der Waals surface area contributed by atoms with Gasteiger partial charge in [0.25, 0.3) is 5.91 Å². The second kappa shape index (κ2) is 6.14. The van der Waals surface area contributed by atoms with E-state index >= 15 is 0 Å². The van der Waals surface area contributed by atoms with E-state index in [9.17, 15) is 9.18 Å². The molecule has 0 radical (unpaired) electrons. The number of nitrogens with one attached hydrogen (secondary N) is 2. The van der Waals surface area contributed by atoms with Crippen LogP contribution in [-0.4, -0.2) is 27.2 Å². The largest absolute Gasteiger partial charge is 0.382 e. The Hall–Kier alpha value is -2.44. The van der Waals surface area contributed by atoms with E-state index in [2.05, 4.69) is 20.8 Å². The number of benzene rings is 1. The van der Waals surface area contributed by atoms with Crippen molar-refractivity contribution in [3.8, 4) is 0 Å². The molecule has 0 spiro atoms. The Morgan fingerprint density at radius 2 is 2.25 bits per heavy atom. The average molecular weight is 277 g/mol. The number of hydrogen-bond donors (Lipinski definition) is 2. The Kier molecular flexibility index (Phi) is 4.29. The molecule has 0 saturated heterocycles. The van der Waals surface area contributed by atoms with Crippen molar-refractivity contribution in [1.82, 2.24) is 20.1 Å². The lowest BCUT2D eigenvalue weighted by Crippen LogP contribution is -2.25. The van der Waals surface area contributed by atoms with Crippen molar-refractivity contribution in [3.05, 3.63) is 41.7 Å². The molecule has 20 heavy (non-hydrogen) atoms. The minimum absolute atomic E-state index is 0.213. The van der Waals surface area contributed by atoms with Gasteiger partial charge in [-0.2, -0.15) is 0 Å². The number of anilines is 1. The normalized spacial score (nSPS) is 10.3. The minimum atomic E-state index is -0.446. The molecule has 106 valence electrons. The summed E-state index contributed by atoms with van der Waals surface area (Å²) >= 11 is 0. The van der Waals surface area contributed by atoms with Gasteiger partial charge in [-0.25, -0.2) is 4.39 Å². The van der Waals surface area contributed by atoms with Gasteiger partial charge in [0.05, 0.1) is 17.8 Å². The monoisotopic (exact) mass is 277 g/mol. The number of para-hydroxylation sites is 1. The number of amides is 1. The van der Waals surface area contributed by atoms with Crippen LogP contribution in [-0.2, 0) is 13.6 Å². The second-order valence-corrected chi connectivity index (χ2v) is 4.23. The number of rotatable bonds is 5. The third kappa shape index (κ3) is 2.93. The molecule has 0 bridgehead atoms. The first-order valence-electron chi connectivity index (χ1n) is 6.27. The highest BCUT2D eigenvalue weighted by atomic mass is 19.1. The number of nitrogens with zero attached hydrogens (tertiary/aromatic N) is 3. The predicted molar refractivity (Wildman–Crippen MR) is 72.7 cm³/mol. The molecule has 0 atom stereocenters. The lowest BCUT2D eigenvalue weighted by Gasteiger charge is -2.11. The molecule has 0 aliphatic rings. The topological polar surface area (TPSA) is 71.8 Å². The molecule has 0 fully saturated rings. The van der Waals surface area contributed by atoms with Gasteiger partial charge in [0, 0.05) is 13.6 Å². The second-order valence-electron chi connectivity index (χ2n) is 4.23. The highest BCUT2D eigenvalue weighted by molar-refractivity contribution is 5.99. The molecular formula is C13H16FN5O. The van der Waals surface area contributed by atoms with Gasteiger partial charge in [-0.3, -0.25) is 4.79 Å². The molecule has 1 aromatic heterocycles. The first kappa shape index (κ1) is 14.0. The standard InChI is InChI=1S/C13H16FN5O/c1-3-15-12-9(5-4-6-10(12)14)13(20)16-7-11-18-17-8-19(11)2/h4-6,8,15H,3,7H2,1-2H3,(H,16,20). The van der Waals surface area contributed by atoms with Crippen LogP contribution in [0.15, 0.2) is 24.5 Å². The molecule has 0 unspecified atom stereocenters. The lowest BCUT2D eigenvalue weighted by atomic mass is 10.1. The van der Waals surface area contributed by atoms with Gasteiger partial charge in [0.15, 0.2) is 5.82 Å². The van der Waals surface area contributed by atoms with Crippen molar-refractivity contribution in [3.63, 3.8) is 0 Å². The van der Waals surface area contributed by atoms with Gasteiger partial charge in [0.1, 0.15) is 12.1 Å². The van der Waals surface area contributed by atoms with E-state index in [0.29, 0.717) is 12.4 Å². The summed E-state index contributed by atoms with van der Waals surface area (Å²) in [6.07, 6.45) is 1.55. The van der Waals surface area contributed by atoms with Crippen LogP contribution in [0.25, 0.3) is 0 Å². The maximum atomic E-state index is 13.7. The summed E-state index contributed by atoms with van der Waals surface area (Å²) in [5.41, 5.74) is 0.486. The van der Waals surface area contributed by atoms with Crippen molar-refractivity contribution < 1.29 is 9.18 Å². The van der Waals surface area contributed by atoms with Crippen LogP contribution in [0, 0.1) is 5.82 Å². The van der Waals surface area contributed by atoms with Gasteiger partial charge >= 0.3 is 0 Å². The van der Waals surface area contributed by atoms with Gasteiger partial charge in [-0.1, -0.05) is 6.07 Å². The van der Waals surface area contributed by atoms with Crippen LogP contribution in [0.5, 0.6) is 0 Å². The van der Waals surface area contributed by atoms with Crippen molar-refractivity contribution in [2.75, 3.05) is 11.9 Å². The molecule has 2 rings (SSSR count). The average Bonchev–Trinajstić information content (AvgIpc) is 2.84. The van der Waals surface area contributed by atoms with Gasteiger partial charge in [0.2, 0.25) is 0 Å². The first-order valence-corrected chi connectivity index (χ1v) is 6.27. The fraction of sp³-hybridized carbons (Fsp3) is 0.308. The number of carbonyl (C=O) groups is 1. The minimum Gasteiger partial charge on any atom is -0.382 e. The Morgan fingerprint density at radius 3 is 2.90 bits per heavy atom. The summed E-state index contributed by atoms with van der Waals surface area (Å²) in [6.45, 7) is 2.61. The third-order valence-electron chi connectivity index (χ3n) is 2.82. The number of hydrogen-bond acceptors (Lipinski definition) is 4. The van der Waals surface area contributed by atoms with E-state index in [4.69, 9.17) is 0 Å². The summed E-state index contributed by atoms with van der Waals surface area (Å²) < 4.78 is 15.4. The van der Waals surface area contributed by atoms with E-state index < -0.39 is 5.82 Å². The quantitative estimate of drug-likeness (QED) is 0.864. The van der Waals surface area contributed by atoms with Crippen LogP contribution in [0.3, 0.4) is 0 Å². The van der Waals surface area contributed by atoms with Crippen LogP contribution in [0.4, 0.5) is 10.1 Å². The Labute approximate surface area is 116 Å². The molecule has 7 heteroatoms. The third-order valence-corrected chi connectivity index (χ3v) is 2.82. The van der Waals surface area contributed by atoms with E-state index in [1.807, 2.05) is 6.92 Å². The Bertz CT molecular complexity index is 611. The smallest absolute Gasteiger partial charge is 0.253 e. The molecule has 2 N–H and O–H groups in total. The molecule has 0 saturated carbocycles. The van der Waals surface area contributed by atoms with Crippen LogP contribution >= 0.6 is 0 Å². The molecule has 6 nitrogen and oxygen atoms in total. The molecule has 1 aromatic carbocycles. The van der Waals surface area contributed by atoms with Gasteiger partial charge in [-0.05, 0) is 19.1 Å². The number of halogens is 1. The van der Waals surface area contributed by atoms with Gasteiger partial charge in [-0.15, -0.1) is 10.2 Å². The number of carbonyl (C=O) groups excluding carboxylic acids is 1. The predicted octanol–water partition coefficient (Wildman–Crippen LogP) is 1.32. The highest BCUT2D eigenvalue weighted by Crippen LogP contribution is 2.19. The van der Waals surface area contributed by atoms with Crippen molar-refractivity contribution >= 4 is 11.6 Å². The zero-order chi connectivity index (χ0) is 14.5. The molecule has 1 amide bonds. The van der Waals surface area contributed by atoms with Crippen LogP contribution < -0.4 is 10.6 Å². The fourth-order valence-corrected chi connectivity index (χ4v) is 1.79. The zero-order valence-electron chi connectivity index (χ0n) is 11.4. The molecular weight excluding hydrogens is 261 g/mol. The number of aromatic nitrogens is 3. The molecule has 0 aliphatic carbocycles. The van der Waals surface area contributed by atoms with Crippen LogP contribution in [0.2, 0.25) is 0 Å².